The molecule has 0 aliphatic rings. The number of carbonyl (C=O) groups excluding carboxylic acids is 2. The van der Waals surface area contributed by atoms with Gasteiger partial charge in [-0.15, -0.1) is 6.58 Å². The summed E-state index contributed by atoms with van der Waals surface area (Å²) in [7, 11) is 0. The molecule has 2 rings (SSSR count). The van der Waals surface area contributed by atoms with Crippen LogP contribution in [0.1, 0.15) is 31.2 Å². The van der Waals surface area contributed by atoms with E-state index in [0.29, 0.717) is 24.2 Å². The first-order valence-corrected chi connectivity index (χ1v) is 8.28. The number of carbonyl (C=O) groups is 2. The van der Waals surface area contributed by atoms with Gasteiger partial charge >= 0.3 is 11.9 Å². The van der Waals surface area contributed by atoms with E-state index >= 15 is 0 Å². The van der Waals surface area contributed by atoms with Crippen LogP contribution in [0.2, 0.25) is 0 Å². The largest absolute Gasteiger partial charge is 0.461 e. The molecule has 0 bridgehead atoms. The molecule has 0 aliphatic heterocycles. The van der Waals surface area contributed by atoms with Gasteiger partial charge in [0.2, 0.25) is 0 Å². The van der Waals surface area contributed by atoms with Crippen molar-refractivity contribution in [1.29, 1.82) is 0 Å². The Balaban J connectivity index is 2.22. The van der Waals surface area contributed by atoms with Gasteiger partial charge in [-0.05, 0) is 24.1 Å². The van der Waals surface area contributed by atoms with Crippen LogP contribution in [0.4, 0.5) is 0 Å². The smallest absolute Gasteiger partial charge is 0.330 e. The molecule has 0 saturated heterocycles. The van der Waals surface area contributed by atoms with Crippen molar-refractivity contribution >= 4 is 11.9 Å². The Morgan fingerprint density at radius 3 is 2.16 bits per heavy atom. The van der Waals surface area contributed by atoms with Crippen LogP contribution in [0, 0.1) is 0 Å². The summed E-state index contributed by atoms with van der Waals surface area (Å²) < 4.78 is 10.9. The maximum atomic E-state index is 12.7. The molecule has 2 aromatic rings. The van der Waals surface area contributed by atoms with Crippen molar-refractivity contribution in [1.82, 2.24) is 0 Å². The van der Waals surface area contributed by atoms with E-state index in [-0.39, 0.29) is 6.10 Å². The Morgan fingerprint density at radius 1 is 1.00 bits per heavy atom. The minimum atomic E-state index is -1.12. The molecule has 0 fully saturated rings. The second kappa shape index (κ2) is 9.42. The first-order chi connectivity index (χ1) is 12.2. The number of rotatable bonds is 8. The lowest BCUT2D eigenvalue weighted by Gasteiger charge is -2.20. The van der Waals surface area contributed by atoms with Crippen molar-refractivity contribution in [3.63, 3.8) is 0 Å². The first kappa shape index (κ1) is 18.5. The number of benzene rings is 2. The van der Waals surface area contributed by atoms with Gasteiger partial charge in [-0.25, -0.2) is 0 Å². The van der Waals surface area contributed by atoms with Crippen LogP contribution in [-0.4, -0.2) is 18.0 Å². The van der Waals surface area contributed by atoms with Gasteiger partial charge < -0.3 is 9.47 Å². The Morgan fingerprint density at radius 2 is 1.60 bits per heavy atom. The zero-order valence-electron chi connectivity index (χ0n) is 14.3. The van der Waals surface area contributed by atoms with E-state index < -0.39 is 17.9 Å². The van der Waals surface area contributed by atoms with Gasteiger partial charge in [0, 0.05) is 6.42 Å². The van der Waals surface area contributed by atoms with Crippen LogP contribution in [0.15, 0.2) is 73.3 Å². The molecule has 130 valence electrons. The van der Waals surface area contributed by atoms with Crippen molar-refractivity contribution in [3.8, 4) is 5.75 Å². The third-order valence-electron chi connectivity index (χ3n) is 3.73. The van der Waals surface area contributed by atoms with E-state index in [4.69, 9.17) is 9.47 Å². The summed E-state index contributed by atoms with van der Waals surface area (Å²) in [6.45, 7) is 5.58. The van der Waals surface area contributed by atoms with E-state index in [9.17, 15) is 9.59 Å². The lowest BCUT2D eigenvalue weighted by Crippen LogP contribution is -2.30. The average molecular weight is 338 g/mol. The van der Waals surface area contributed by atoms with Crippen LogP contribution in [0.25, 0.3) is 0 Å². The monoisotopic (exact) mass is 338 g/mol. The molecule has 0 saturated carbocycles. The summed E-state index contributed by atoms with van der Waals surface area (Å²) in [5.41, 5.74) is 0.543. The van der Waals surface area contributed by atoms with Crippen molar-refractivity contribution in [2.24, 2.45) is 0 Å². The molecular formula is C21H22O4. The zero-order valence-corrected chi connectivity index (χ0v) is 14.3. The topological polar surface area (TPSA) is 52.6 Å². The molecule has 0 aromatic heterocycles. The number of hydrogen-bond acceptors (Lipinski definition) is 4. The number of hydrogen-bond donors (Lipinski definition) is 0. The van der Waals surface area contributed by atoms with Gasteiger partial charge in [-0.1, -0.05) is 61.5 Å². The molecule has 2 unspecified atom stereocenters. The zero-order chi connectivity index (χ0) is 18.1. The quantitative estimate of drug-likeness (QED) is 0.312. The second-order valence-electron chi connectivity index (χ2n) is 5.57. The van der Waals surface area contributed by atoms with Crippen LogP contribution >= 0.6 is 0 Å². The SMILES string of the molecule is C=CCC(CC)OC(=O)C(C(=O)Oc1ccccc1)c1ccccc1. The fourth-order valence-corrected chi connectivity index (χ4v) is 2.39. The Hall–Kier alpha value is -2.88. The molecular weight excluding hydrogens is 316 g/mol. The van der Waals surface area contributed by atoms with Crippen molar-refractivity contribution in [2.45, 2.75) is 31.8 Å². The fourth-order valence-electron chi connectivity index (χ4n) is 2.39. The normalized spacial score (nSPS) is 12.7. The molecule has 2 atom stereocenters. The van der Waals surface area contributed by atoms with Gasteiger partial charge in [-0.3, -0.25) is 9.59 Å². The average Bonchev–Trinajstić information content (AvgIpc) is 2.63. The fraction of sp³-hybridized carbons (Fsp3) is 0.238. The Labute approximate surface area is 148 Å². The molecule has 0 heterocycles. The van der Waals surface area contributed by atoms with Gasteiger partial charge in [0.05, 0.1) is 0 Å². The first-order valence-electron chi connectivity index (χ1n) is 8.28. The lowest BCUT2D eigenvalue weighted by molar-refractivity contribution is -0.157. The van der Waals surface area contributed by atoms with Gasteiger partial charge in [0.1, 0.15) is 11.9 Å². The van der Waals surface area contributed by atoms with Crippen LogP contribution < -0.4 is 4.74 Å². The second-order valence-corrected chi connectivity index (χ2v) is 5.57. The van der Waals surface area contributed by atoms with E-state index in [2.05, 4.69) is 6.58 Å². The number of para-hydroxylation sites is 1. The van der Waals surface area contributed by atoms with Crippen molar-refractivity contribution < 1.29 is 19.1 Å². The summed E-state index contributed by atoms with van der Waals surface area (Å²) in [5.74, 6) is -2.00. The molecule has 0 spiro atoms. The highest BCUT2D eigenvalue weighted by molar-refractivity contribution is 6.01. The van der Waals surface area contributed by atoms with E-state index in [1.54, 1.807) is 54.6 Å². The summed E-state index contributed by atoms with van der Waals surface area (Å²) in [4.78, 5) is 25.3. The van der Waals surface area contributed by atoms with Gasteiger partial charge in [0.25, 0.3) is 0 Å². The Kier molecular flexibility index (Phi) is 6.96. The molecule has 2 aromatic carbocycles. The molecule has 4 heteroatoms. The molecule has 4 nitrogen and oxygen atoms in total. The lowest BCUT2D eigenvalue weighted by atomic mass is 9.99. The maximum absolute atomic E-state index is 12.7. The summed E-state index contributed by atoms with van der Waals surface area (Å²) in [6, 6.07) is 17.5. The number of esters is 2. The third-order valence-corrected chi connectivity index (χ3v) is 3.73. The minimum Gasteiger partial charge on any atom is -0.461 e. The van der Waals surface area contributed by atoms with Crippen LogP contribution in [-0.2, 0) is 14.3 Å². The molecule has 0 aliphatic carbocycles. The molecule has 0 radical (unpaired) electrons. The van der Waals surface area contributed by atoms with Gasteiger partial charge in [-0.2, -0.15) is 0 Å². The van der Waals surface area contributed by atoms with E-state index in [1.165, 1.54) is 0 Å². The molecule has 25 heavy (non-hydrogen) atoms. The van der Waals surface area contributed by atoms with Crippen molar-refractivity contribution in [3.05, 3.63) is 78.9 Å². The summed E-state index contributed by atoms with van der Waals surface area (Å²) in [5, 5.41) is 0. The van der Waals surface area contributed by atoms with Gasteiger partial charge in [0.15, 0.2) is 5.92 Å². The highest BCUT2D eigenvalue weighted by Gasteiger charge is 2.33. The van der Waals surface area contributed by atoms with E-state index in [0.717, 1.165) is 0 Å². The summed E-state index contributed by atoms with van der Waals surface area (Å²) in [6.07, 6.45) is 2.58. The standard InChI is InChI=1S/C21H22O4/c1-3-11-17(4-2)24-20(22)19(16-12-7-5-8-13-16)21(23)25-18-14-9-6-10-15-18/h3,5-10,12-15,17,19H,1,4,11H2,2H3. The van der Waals surface area contributed by atoms with Crippen LogP contribution in [0.3, 0.4) is 0 Å². The summed E-state index contributed by atoms with van der Waals surface area (Å²) >= 11 is 0. The Bertz CT molecular complexity index is 694. The highest BCUT2D eigenvalue weighted by Crippen LogP contribution is 2.23. The predicted octanol–water partition coefficient (Wildman–Crippen LogP) is 4.27. The number of ether oxygens (including phenoxy) is 2. The van der Waals surface area contributed by atoms with E-state index in [1.807, 2.05) is 19.1 Å². The molecule has 0 amide bonds. The minimum absolute atomic E-state index is 0.305. The van der Waals surface area contributed by atoms with Crippen LogP contribution in [0.5, 0.6) is 5.75 Å². The third kappa shape index (κ3) is 5.31. The molecule has 0 N–H and O–H groups in total. The predicted molar refractivity (Wildman–Crippen MR) is 96.2 cm³/mol. The highest BCUT2D eigenvalue weighted by atomic mass is 16.6. The maximum Gasteiger partial charge on any atom is 0.330 e. The van der Waals surface area contributed by atoms with Crippen molar-refractivity contribution in [2.75, 3.05) is 0 Å².